The fourth-order valence-electron chi connectivity index (χ4n) is 3.57. The Labute approximate surface area is 158 Å². The Hall–Kier alpha value is -3.68. The third-order valence-corrected chi connectivity index (χ3v) is 5.04. The molecule has 0 aliphatic carbocycles. The van der Waals surface area contributed by atoms with Gasteiger partial charge in [-0.05, 0) is 23.3 Å². The van der Waals surface area contributed by atoms with E-state index in [9.17, 15) is 24.3 Å². The first kappa shape index (κ1) is 17.7. The molecule has 0 saturated heterocycles. The normalized spacial score (nSPS) is 16.0. The maximum absolute atomic E-state index is 12.9. The number of aromatic nitrogens is 2. The van der Waals surface area contributed by atoms with Crippen molar-refractivity contribution in [2.45, 2.75) is 25.6 Å². The number of nitrogens with one attached hydrogen (secondary N) is 1. The molecule has 1 atom stereocenters. The summed E-state index contributed by atoms with van der Waals surface area (Å²) < 4.78 is 0.810. The molecule has 1 unspecified atom stereocenters. The lowest BCUT2D eigenvalue weighted by molar-refractivity contribution is -0.151. The molecule has 4 rings (SSSR count). The number of nitrogens with zero attached hydrogens (tertiary/aromatic N) is 2. The van der Waals surface area contributed by atoms with Crippen LogP contribution in [0.4, 0.5) is 0 Å². The Morgan fingerprint density at radius 1 is 1.04 bits per heavy atom. The number of hydrogen-bond donors (Lipinski definition) is 2. The summed E-state index contributed by atoms with van der Waals surface area (Å²) in [6.07, 6.45) is 0.181. The van der Waals surface area contributed by atoms with Gasteiger partial charge in [-0.15, -0.1) is 0 Å². The number of H-pyrrole nitrogens is 1. The molecule has 0 spiro atoms. The lowest BCUT2D eigenvalue weighted by Gasteiger charge is -2.34. The zero-order valence-corrected chi connectivity index (χ0v) is 14.8. The van der Waals surface area contributed by atoms with Crippen LogP contribution in [0, 0.1) is 0 Å². The van der Waals surface area contributed by atoms with Gasteiger partial charge in [-0.25, -0.2) is 9.59 Å². The van der Waals surface area contributed by atoms with Crippen LogP contribution in [0.3, 0.4) is 0 Å². The summed E-state index contributed by atoms with van der Waals surface area (Å²) in [7, 11) is 0. The standard InChI is InChI=1S/C20H17N3O5/c24-17(11-23-18(25)14-7-3-4-8-15(14)21-20(23)28)22-10-13-6-2-1-5-12(13)9-16(22)19(26)27/h1-8,16H,9-11H2,(H,21,28)(H,26,27). The largest absolute Gasteiger partial charge is 0.480 e. The topological polar surface area (TPSA) is 112 Å². The number of rotatable bonds is 3. The average Bonchev–Trinajstić information content (AvgIpc) is 2.70. The number of para-hydroxylation sites is 1. The van der Waals surface area contributed by atoms with Crippen molar-refractivity contribution >= 4 is 22.8 Å². The van der Waals surface area contributed by atoms with E-state index in [0.29, 0.717) is 5.52 Å². The average molecular weight is 379 g/mol. The molecule has 0 fully saturated rings. The predicted molar refractivity (Wildman–Crippen MR) is 101 cm³/mol. The minimum Gasteiger partial charge on any atom is -0.480 e. The summed E-state index contributed by atoms with van der Waals surface area (Å²) in [5, 5.41) is 9.86. The van der Waals surface area contributed by atoms with Crippen LogP contribution >= 0.6 is 0 Å². The summed E-state index contributed by atoms with van der Waals surface area (Å²) in [5.74, 6) is -1.72. The first-order chi connectivity index (χ1) is 13.5. The Morgan fingerprint density at radius 3 is 2.46 bits per heavy atom. The summed E-state index contributed by atoms with van der Waals surface area (Å²) in [5.41, 5.74) is 0.822. The van der Waals surface area contributed by atoms with Gasteiger partial charge in [0.1, 0.15) is 12.6 Å². The van der Waals surface area contributed by atoms with Gasteiger partial charge in [-0.1, -0.05) is 36.4 Å². The number of hydrogen-bond acceptors (Lipinski definition) is 4. The quantitative estimate of drug-likeness (QED) is 0.697. The van der Waals surface area contributed by atoms with Crippen molar-refractivity contribution in [2.75, 3.05) is 0 Å². The Bertz CT molecular complexity index is 1210. The van der Waals surface area contributed by atoms with Gasteiger partial charge in [-0.3, -0.25) is 14.2 Å². The lowest BCUT2D eigenvalue weighted by Crippen LogP contribution is -2.51. The van der Waals surface area contributed by atoms with Crippen molar-refractivity contribution in [3.63, 3.8) is 0 Å². The predicted octanol–water partition coefficient (Wildman–Crippen LogP) is 0.728. The van der Waals surface area contributed by atoms with Gasteiger partial charge in [0.2, 0.25) is 5.91 Å². The molecular formula is C20H17N3O5. The number of aromatic amines is 1. The third kappa shape index (κ3) is 2.98. The Morgan fingerprint density at radius 2 is 1.71 bits per heavy atom. The van der Waals surface area contributed by atoms with Crippen LogP contribution in [0.5, 0.6) is 0 Å². The van der Waals surface area contributed by atoms with E-state index in [0.717, 1.165) is 15.7 Å². The minimum atomic E-state index is -1.12. The number of carbonyl (C=O) groups is 2. The van der Waals surface area contributed by atoms with Crippen molar-refractivity contribution in [3.8, 4) is 0 Å². The molecule has 28 heavy (non-hydrogen) atoms. The summed E-state index contributed by atoms with van der Waals surface area (Å²) in [4.78, 5) is 53.3. The SMILES string of the molecule is O=C(O)C1Cc2ccccc2CN1C(=O)Cn1c(=O)[nH]c2ccccc2c1=O. The number of carbonyl (C=O) groups excluding carboxylic acids is 1. The molecule has 3 aromatic rings. The molecule has 0 saturated carbocycles. The molecule has 1 aromatic heterocycles. The second-order valence-electron chi connectivity index (χ2n) is 6.72. The lowest BCUT2D eigenvalue weighted by atomic mass is 9.94. The minimum absolute atomic E-state index is 0.117. The van der Waals surface area contributed by atoms with E-state index in [2.05, 4.69) is 4.98 Å². The molecule has 1 aliphatic rings. The number of carboxylic acid groups (broad SMARTS) is 1. The highest BCUT2D eigenvalue weighted by atomic mass is 16.4. The maximum Gasteiger partial charge on any atom is 0.329 e. The van der Waals surface area contributed by atoms with Crippen LogP contribution in [0.1, 0.15) is 11.1 Å². The van der Waals surface area contributed by atoms with Crippen LogP contribution in [0.2, 0.25) is 0 Å². The van der Waals surface area contributed by atoms with Crippen LogP contribution in [-0.4, -0.2) is 37.5 Å². The second-order valence-corrected chi connectivity index (χ2v) is 6.72. The maximum atomic E-state index is 12.9. The molecule has 0 bridgehead atoms. The summed E-state index contributed by atoms with van der Waals surface area (Å²) in [6, 6.07) is 12.8. The fraction of sp³-hybridized carbons (Fsp3) is 0.200. The van der Waals surface area contributed by atoms with E-state index >= 15 is 0 Å². The molecule has 142 valence electrons. The van der Waals surface area contributed by atoms with Crippen molar-refractivity contribution in [1.82, 2.24) is 14.5 Å². The number of amides is 1. The van der Waals surface area contributed by atoms with E-state index in [1.54, 1.807) is 24.3 Å². The van der Waals surface area contributed by atoms with Gasteiger partial charge in [0.15, 0.2) is 0 Å². The van der Waals surface area contributed by atoms with Crippen molar-refractivity contribution in [2.24, 2.45) is 0 Å². The van der Waals surface area contributed by atoms with Gasteiger partial charge >= 0.3 is 11.7 Å². The molecule has 1 aliphatic heterocycles. The highest BCUT2D eigenvalue weighted by molar-refractivity contribution is 5.85. The monoisotopic (exact) mass is 379 g/mol. The van der Waals surface area contributed by atoms with Crippen molar-refractivity contribution in [1.29, 1.82) is 0 Å². The number of aliphatic carboxylic acids is 1. The Balaban J connectivity index is 1.70. The smallest absolute Gasteiger partial charge is 0.329 e. The molecule has 8 heteroatoms. The van der Waals surface area contributed by atoms with E-state index in [1.807, 2.05) is 24.3 Å². The van der Waals surface area contributed by atoms with Gasteiger partial charge in [0.25, 0.3) is 5.56 Å². The highest BCUT2D eigenvalue weighted by Gasteiger charge is 2.34. The van der Waals surface area contributed by atoms with E-state index < -0.39 is 35.7 Å². The van der Waals surface area contributed by atoms with Crippen molar-refractivity contribution < 1.29 is 14.7 Å². The zero-order valence-electron chi connectivity index (χ0n) is 14.8. The first-order valence-corrected chi connectivity index (χ1v) is 8.76. The molecular weight excluding hydrogens is 362 g/mol. The van der Waals surface area contributed by atoms with E-state index in [4.69, 9.17) is 0 Å². The van der Waals surface area contributed by atoms with E-state index in [-0.39, 0.29) is 18.4 Å². The number of carboxylic acids is 1. The fourth-order valence-corrected chi connectivity index (χ4v) is 3.57. The van der Waals surface area contributed by atoms with Gasteiger partial charge in [0.05, 0.1) is 10.9 Å². The molecule has 2 heterocycles. The van der Waals surface area contributed by atoms with Gasteiger partial charge in [-0.2, -0.15) is 0 Å². The first-order valence-electron chi connectivity index (χ1n) is 8.76. The molecule has 8 nitrogen and oxygen atoms in total. The van der Waals surface area contributed by atoms with E-state index in [1.165, 1.54) is 4.90 Å². The van der Waals surface area contributed by atoms with Crippen LogP contribution < -0.4 is 11.2 Å². The molecule has 1 amide bonds. The molecule has 0 radical (unpaired) electrons. The third-order valence-electron chi connectivity index (χ3n) is 5.04. The highest BCUT2D eigenvalue weighted by Crippen LogP contribution is 2.23. The van der Waals surface area contributed by atoms with Crippen LogP contribution in [0.15, 0.2) is 58.1 Å². The summed E-state index contributed by atoms with van der Waals surface area (Å²) >= 11 is 0. The Kier molecular flexibility index (Phi) is 4.31. The second kappa shape index (κ2) is 6.80. The van der Waals surface area contributed by atoms with Gasteiger partial charge < -0.3 is 15.0 Å². The molecule has 2 aromatic carbocycles. The zero-order chi connectivity index (χ0) is 19.8. The number of fused-ring (bicyclic) bond motifs is 2. The summed E-state index contributed by atoms with van der Waals surface area (Å²) in [6.45, 7) is -0.406. The van der Waals surface area contributed by atoms with Crippen molar-refractivity contribution in [3.05, 3.63) is 80.5 Å². The number of benzene rings is 2. The van der Waals surface area contributed by atoms with Gasteiger partial charge in [0, 0.05) is 13.0 Å². The van der Waals surface area contributed by atoms with Crippen LogP contribution in [-0.2, 0) is 29.1 Å². The van der Waals surface area contributed by atoms with Crippen LogP contribution in [0.25, 0.3) is 10.9 Å². The molecule has 2 N–H and O–H groups in total.